The summed E-state index contributed by atoms with van der Waals surface area (Å²) in [4.78, 5) is 0. The molecule has 0 spiro atoms. The van der Waals surface area contributed by atoms with E-state index in [-0.39, 0.29) is 0 Å². The highest BCUT2D eigenvalue weighted by atomic mass is 79.9. The highest BCUT2D eigenvalue weighted by Crippen LogP contribution is 2.14. The van der Waals surface area contributed by atoms with Gasteiger partial charge in [0.25, 0.3) is 0 Å². The molecule has 140 valence electrons. The molecule has 0 bridgehead atoms. The average Bonchev–Trinajstić information content (AvgIpc) is 2.53. The summed E-state index contributed by atoms with van der Waals surface area (Å²) in [5, 5.41) is 1.14. The Balaban J connectivity index is 3.65. The number of unbranched alkanes of at least 4 members (excludes halogenated alkanes) is 8. The highest BCUT2D eigenvalue weighted by molar-refractivity contribution is 9.09. The van der Waals surface area contributed by atoms with Crippen LogP contribution >= 0.6 is 15.9 Å². The van der Waals surface area contributed by atoms with Crippen LogP contribution in [-0.4, -0.2) is 40.8 Å². The lowest BCUT2D eigenvalue weighted by atomic mass is 10.1. The monoisotopic (exact) mass is 412 g/mol. The maximum Gasteiger partial charge on any atom is 0.679 e. The highest BCUT2D eigenvalue weighted by Gasteiger charge is 2.44. The van der Waals surface area contributed by atoms with E-state index >= 15 is 0 Å². The van der Waals surface area contributed by atoms with E-state index in [1.165, 1.54) is 51.4 Å². The minimum absolute atomic E-state index is 0.557. The third kappa shape index (κ3) is 13.5. The summed E-state index contributed by atoms with van der Waals surface area (Å²) in [5.41, 5.74) is 0. The Morgan fingerprint density at radius 2 is 0.957 bits per heavy atom. The van der Waals surface area contributed by atoms with Crippen molar-refractivity contribution in [2.45, 2.75) is 78.6 Å². The molecule has 6 heteroatoms. The van der Waals surface area contributed by atoms with Crippen LogP contribution in [0, 0.1) is 0 Å². The third-order valence-corrected chi connectivity index (χ3v) is 6.57. The molecule has 0 saturated carbocycles. The Morgan fingerprint density at radius 3 is 1.35 bits per heavy atom. The molecule has 0 N–H and O–H groups in total. The van der Waals surface area contributed by atoms with Gasteiger partial charge in [0, 0.05) is 31.8 Å². The van der Waals surface area contributed by atoms with Crippen molar-refractivity contribution in [3.05, 3.63) is 0 Å². The maximum atomic E-state index is 5.89. The van der Waals surface area contributed by atoms with E-state index in [1.807, 2.05) is 20.8 Å². The van der Waals surface area contributed by atoms with Gasteiger partial charge in [-0.25, -0.2) is 0 Å². The minimum Gasteiger partial charge on any atom is -0.351 e. The lowest BCUT2D eigenvalue weighted by Gasteiger charge is -2.26. The summed E-state index contributed by atoms with van der Waals surface area (Å²) in [6.07, 6.45) is 11.6. The van der Waals surface area contributed by atoms with Crippen LogP contribution in [-0.2, 0) is 17.7 Å². The zero-order valence-corrected chi connectivity index (χ0v) is 18.0. The molecule has 0 aromatic rings. The maximum absolute atomic E-state index is 5.89. The van der Waals surface area contributed by atoms with Crippen molar-refractivity contribution in [1.29, 1.82) is 0 Å². The van der Waals surface area contributed by atoms with Gasteiger partial charge >= 0.3 is 9.05 Å². The summed E-state index contributed by atoms with van der Waals surface area (Å²) < 4.78 is 22.9. The molecular weight excluding hydrogens is 376 g/mol. The van der Waals surface area contributed by atoms with Gasteiger partial charge in [0.05, 0.1) is 0 Å². The third-order valence-electron chi connectivity index (χ3n) is 3.52. The first-order valence-corrected chi connectivity index (χ1v) is 12.1. The fourth-order valence-corrected chi connectivity index (χ4v) is 4.76. The molecule has 0 aromatic carbocycles. The number of halogens is 1. The molecule has 23 heavy (non-hydrogen) atoms. The summed E-state index contributed by atoms with van der Waals surface area (Å²) in [7, 11) is -2.89. The Morgan fingerprint density at radius 1 is 0.565 bits per heavy atom. The van der Waals surface area contributed by atoms with E-state index in [0.717, 1.165) is 11.8 Å². The second kappa shape index (κ2) is 17.4. The van der Waals surface area contributed by atoms with Crippen molar-refractivity contribution in [1.82, 2.24) is 0 Å². The van der Waals surface area contributed by atoms with Gasteiger partial charge in [-0.2, -0.15) is 0 Å². The fraction of sp³-hybridized carbons (Fsp3) is 1.00. The minimum atomic E-state index is -2.89. The molecule has 0 aliphatic carbocycles. The normalized spacial score (nSPS) is 12.0. The van der Waals surface area contributed by atoms with Crippen molar-refractivity contribution in [3.63, 3.8) is 0 Å². The summed E-state index contributed by atoms with van der Waals surface area (Å²) in [6.45, 7) is 8.17. The van der Waals surface area contributed by atoms with Crippen LogP contribution in [0.5, 0.6) is 0 Å². The molecule has 0 amide bonds. The van der Waals surface area contributed by atoms with Crippen molar-refractivity contribution < 1.29 is 17.7 Å². The molecule has 0 aliphatic rings. The molecule has 0 fully saturated rings. The van der Waals surface area contributed by atoms with E-state index in [1.54, 1.807) is 0 Å². The predicted octanol–water partition coefficient (Wildman–Crippen LogP) is 5.45. The van der Waals surface area contributed by atoms with Gasteiger partial charge in [0.2, 0.25) is 0 Å². The summed E-state index contributed by atoms with van der Waals surface area (Å²) in [6, 6.07) is 0. The molecule has 4 nitrogen and oxygen atoms in total. The quantitative estimate of drug-likeness (QED) is 0.170. The van der Waals surface area contributed by atoms with E-state index in [0.29, 0.717) is 26.4 Å². The van der Waals surface area contributed by atoms with E-state index < -0.39 is 9.05 Å². The standard InChI is InChI=1S/C17H37BrO4Si/c1-4-19-23(20-5-2,21-6-3)22-17-15-13-11-9-7-8-10-12-14-16-18/h4-17H2,1-3H3. The second-order valence-corrected chi connectivity index (χ2v) is 8.47. The molecule has 0 aliphatic heterocycles. The van der Waals surface area contributed by atoms with Crippen molar-refractivity contribution in [3.8, 4) is 0 Å². The van der Waals surface area contributed by atoms with Crippen molar-refractivity contribution in [2.24, 2.45) is 0 Å². The molecule has 0 unspecified atom stereocenters. The summed E-state index contributed by atoms with van der Waals surface area (Å²) in [5.74, 6) is 0. The van der Waals surface area contributed by atoms with Gasteiger partial charge in [-0.05, 0) is 33.6 Å². The average molecular weight is 413 g/mol. The lowest BCUT2D eigenvalue weighted by Crippen LogP contribution is -2.49. The van der Waals surface area contributed by atoms with E-state index in [9.17, 15) is 0 Å². The Kier molecular flexibility index (Phi) is 17.8. The Hall–Kier alpha value is 0.537. The van der Waals surface area contributed by atoms with Crippen LogP contribution in [0.15, 0.2) is 0 Å². The Bertz CT molecular complexity index is 228. The van der Waals surface area contributed by atoms with Gasteiger partial charge in [0.1, 0.15) is 0 Å². The van der Waals surface area contributed by atoms with Gasteiger partial charge in [-0.3, -0.25) is 0 Å². The molecule has 0 atom stereocenters. The zero-order chi connectivity index (χ0) is 17.2. The first kappa shape index (κ1) is 23.5. The van der Waals surface area contributed by atoms with Crippen molar-refractivity contribution in [2.75, 3.05) is 31.8 Å². The molecule has 0 rings (SSSR count). The number of alkyl halides is 1. The molecule has 0 radical (unpaired) electrons. The molecule has 0 heterocycles. The molecular formula is C17H37BrO4Si. The summed E-state index contributed by atoms with van der Waals surface area (Å²) >= 11 is 3.47. The van der Waals surface area contributed by atoms with E-state index in [2.05, 4.69) is 15.9 Å². The Labute approximate surface area is 153 Å². The first-order valence-electron chi connectivity index (χ1n) is 9.36. The fourth-order valence-electron chi connectivity index (χ4n) is 2.41. The number of hydrogen-bond acceptors (Lipinski definition) is 4. The zero-order valence-electron chi connectivity index (χ0n) is 15.4. The van der Waals surface area contributed by atoms with Gasteiger partial charge in [-0.1, -0.05) is 60.9 Å². The van der Waals surface area contributed by atoms with Crippen LogP contribution in [0.25, 0.3) is 0 Å². The van der Waals surface area contributed by atoms with Gasteiger partial charge in [-0.15, -0.1) is 0 Å². The van der Waals surface area contributed by atoms with Crippen LogP contribution in [0.1, 0.15) is 78.6 Å². The van der Waals surface area contributed by atoms with Gasteiger partial charge < -0.3 is 17.7 Å². The smallest absolute Gasteiger partial charge is 0.351 e. The van der Waals surface area contributed by atoms with Crippen LogP contribution in [0.3, 0.4) is 0 Å². The lowest BCUT2D eigenvalue weighted by molar-refractivity contribution is -0.0280. The SMILES string of the molecule is CCO[Si](OCC)(OCC)OCCCCCCCCCCCBr. The first-order chi connectivity index (χ1) is 11.2. The van der Waals surface area contributed by atoms with Crippen LogP contribution in [0.2, 0.25) is 0 Å². The number of hydrogen-bond donors (Lipinski definition) is 0. The van der Waals surface area contributed by atoms with E-state index in [4.69, 9.17) is 17.7 Å². The van der Waals surface area contributed by atoms with Crippen molar-refractivity contribution >= 4 is 25.0 Å². The largest absolute Gasteiger partial charge is 0.679 e. The van der Waals surface area contributed by atoms with Gasteiger partial charge in [0.15, 0.2) is 0 Å². The topological polar surface area (TPSA) is 36.9 Å². The predicted molar refractivity (Wildman–Crippen MR) is 102 cm³/mol. The van der Waals surface area contributed by atoms with Crippen LogP contribution < -0.4 is 0 Å². The molecule has 0 aromatic heterocycles. The molecule has 0 saturated heterocycles. The second-order valence-electron chi connectivity index (χ2n) is 5.52. The van der Waals surface area contributed by atoms with Crippen LogP contribution in [0.4, 0.5) is 0 Å². The number of rotatable bonds is 18.